The number of amides is 1. The van der Waals surface area contributed by atoms with Crippen molar-refractivity contribution in [2.24, 2.45) is 0 Å². The maximum atomic E-state index is 12.8. The van der Waals surface area contributed by atoms with Gasteiger partial charge in [0.15, 0.2) is 0 Å². The van der Waals surface area contributed by atoms with Crippen molar-refractivity contribution in [3.05, 3.63) is 41.6 Å². The molecular formula is C20H21N3O. The van der Waals surface area contributed by atoms with Crippen molar-refractivity contribution in [3.63, 3.8) is 0 Å². The fourth-order valence-electron chi connectivity index (χ4n) is 3.73. The molecule has 0 N–H and O–H groups in total. The molecule has 2 saturated carbocycles. The van der Waals surface area contributed by atoms with Crippen molar-refractivity contribution in [1.82, 2.24) is 10.2 Å². The Balaban J connectivity index is 1.56. The molecule has 0 bridgehead atoms. The van der Waals surface area contributed by atoms with Crippen molar-refractivity contribution < 1.29 is 4.79 Å². The molecule has 1 aromatic carbocycles. The third kappa shape index (κ3) is 2.02. The SMILES string of the molecule is CC1(C)C(=O)N(C2CC2)c2cc(-c3ccc(C4CC4)nn3)ccc21. The van der Waals surface area contributed by atoms with Crippen molar-refractivity contribution in [3.8, 4) is 11.3 Å². The van der Waals surface area contributed by atoms with Crippen LogP contribution in [0.1, 0.15) is 56.7 Å². The lowest BCUT2D eigenvalue weighted by molar-refractivity contribution is -0.122. The predicted molar refractivity (Wildman–Crippen MR) is 93.0 cm³/mol. The Labute approximate surface area is 141 Å². The van der Waals surface area contributed by atoms with Gasteiger partial charge in [0.1, 0.15) is 0 Å². The Kier molecular flexibility index (Phi) is 2.74. The highest BCUT2D eigenvalue weighted by Crippen LogP contribution is 2.47. The lowest BCUT2D eigenvalue weighted by Gasteiger charge is -2.19. The number of benzene rings is 1. The van der Waals surface area contributed by atoms with Gasteiger partial charge in [0.05, 0.1) is 16.8 Å². The van der Waals surface area contributed by atoms with E-state index in [0.717, 1.165) is 41.0 Å². The van der Waals surface area contributed by atoms with E-state index in [1.54, 1.807) is 0 Å². The van der Waals surface area contributed by atoms with Gasteiger partial charge in [0.2, 0.25) is 5.91 Å². The van der Waals surface area contributed by atoms with Crippen LogP contribution in [0.15, 0.2) is 30.3 Å². The van der Waals surface area contributed by atoms with Crippen LogP contribution in [0, 0.1) is 0 Å². The molecule has 5 rings (SSSR count). The Morgan fingerprint density at radius 1 is 1.04 bits per heavy atom. The van der Waals surface area contributed by atoms with Crippen molar-refractivity contribution >= 4 is 11.6 Å². The fourth-order valence-corrected chi connectivity index (χ4v) is 3.73. The number of hydrogen-bond acceptors (Lipinski definition) is 3. The zero-order valence-corrected chi connectivity index (χ0v) is 14.1. The highest BCUT2D eigenvalue weighted by atomic mass is 16.2. The molecule has 2 heterocycles. The number of hydrogen-bond donors (Lipinski definition) is 0. The molecule has 1 aliphatic heterocycles. The number of carbonyl (C=O) groups is 1. The van der Waals surface area contributed by atoms with Crippen LogP contribution in [-0.2, 0) is 10.2 Å². The Morgan fingerprint density at radius 3 is 2.46 bits per heavy atom. The third-order valence-corrected chi connectivity index (χ3v) is 5.57. The van der Waals surface area contributed by atoms with E-state index in [1.165, 1.54) is 12.8 Å². The predicted octanol–water partition coefficient (Wildman–Crippen LogP) is 3.81. The van der Waals surface area contributed by atoms with Crippen molar-refractivity contribution in [2.45, 2.75) is 56.9 Å². The van der Waals surface area contributed by atoms with E-state index in [-0.39, 0.29) is 5.91 Å². The summed E-state index contributed by atoms with van der Waals surface area (Å²) in [5.41, 5.74) is 4.80. The third-order valence-electron chi connectivity index (χ3n) is 5.57. The van der Waals surface area contributed by atoms with E-state index in [9.17, 15) is 4.79 Å². The molecule has 2 fully saturated rings. The smallest absolute Gasteiger partial charge is 0.237 e. The summed E-state index contributed by atoms with van der Waals surface area (Å²) in [5, 5.41) is 8.81. The number of fused-ring (bicyclic) bond motifs is 1. The highest BCUT2D eigenvalue weighted by Gasteiger charge is 2.48. The van der Waals surface area contributed by atoms with E-state index >= 15 is 0 Å². The first-order chi connectivity index (χ1) is 11.6. The molecule has 24 heavy (non-hydrogen) atoms. The minimum Gasteiger partial charge on any atom is -0.308 e. The highest BCUT2D eigenvalue weighted by molar-refractivity contribution is 6.08. The maximum Gasteiger partial charge on any atom is 0.237 e. The quantitative estimate of drug-likeness (QED) is 0.864. The first-order valence-corrected chi connectivity index (χ1v) is 8.88. The largest absolute Gasteiger partial charge is 0.308 e. The Bertz CT molecular complexity index is 832. The van der Waals surface area contributed by atoms with Gasteiger partial charge in [-0.25, -0.2) is 0 Å². The summed E-state index contributed by atoms with van der Waals surface area (Å²) >= 11 is 0. The van der Waals surface area contributed by atoms with Gasteiger partial charge < -0.3 is 4.90 Å². The van der Waals surface area contributed by atoms with Gasteiger partial charge in [0.25, 0.3) is 0 Å². The number of aromatic nitrogens is 2. The Hall–Kier alpha value is -2.23. The number of rotatable bonds is 3. The van der Waals surface area contributed by atoms with Crippen LogP contribution >= 0.6 is 0 Å². The summed E-state index contributed by atoms with van der Waals surface area (Å²) in [5.74, 6) is 0.850. The van der Waals surface area contributed by atoms with Crippen LogP contribution in [0.25, 0.3) is 11.3 Å². The molecule has 1 amide bonds. The number of nitrogens with zero attached hydrogens (tertiary/aromatic N) is 3. The second-order valence-corrected chi connectivity index (χ2v) is 7.88. The lowest BCUT2D eigenvalue weighted by Crippen LogP contribution is -2.37. The fraction of sp³-hybridized carbons (Fsp3) is 0.450. The Morgan fingerprint density at radius 2 is 1.83 bits per heavy atom. The molecule has 2 aliphatic carbocycles. The normalized spacial score (nSPS) is 21.9. The van der Waals surface area contributed by atoms with E-state index < -0.39 is 5.41 Å². The second-order valence-electron chi connectivity index (χ2n) is 7.88. The van der Waals surface area contributed by atoms with Crippen LogP contribution in [0.3, 0.4) is 0 Å². The maximum absolute atomic E-state index is 12.8. The van der Waals surface area contributed by atoms with Crippen LogP contribution in [0.5, 0.6) is 0 Å². The van der Waals surface area contributed by atoms with Crippen LogP contribution in [0.4, 0.5) is 5.69 Å². The van der Waals surface area contributed by atoms with Crippen molar-refractivity contribution in [1.29, 1.82) is 0 Å². The monoisotopic (exact) mass is 319 g/mol. The van der Waals surface area contributed by atoms with Crippen LogP contribution in [-0.4, -0.2) is 22.1 Å². The van der Waals surface area contributed by atoms with E-state index in [0.29, 0.717) is 12.0 Å². The molecule has 0 saturated heterocycles. The summed E-state index contributed by atoms with van der Waals surface area (Å²) in [7, 11) is 0. The van der Waals surface area contributed by atoms with Crippen LogP contribution < -0.4 is 4.90 Å². The summed E-state index contributed by atoms with van der Waals surface area (Å²) in [4.78, 5) is 14.9. The average Bonchev–Trinajstić information content (AvgIpc) is 3.47. The molecule has 3 aliphatic rings. The van der Waals surface area contributed by atoms with E-state index in [4.69, 9.17) is 0 Å². The minimum atomic E-state index is -0.433. The van der Waals surface area contributed by atoms with Gasteiger partial charge in [-0.15, -0.1) is 0 Å². The summed E-state index contributed by atoms with van der Waals surface area (Å²) in [6.07, 6.45) is 4.70. The summed E-state index contributed by atoms with van der Waals surface area (Å²) in [6.45, 7) is 4.06. The first kappa shape index (κ1) is 14.1. The lowest BCUT2D eigenvalue weighted by atomic mass is 9.85. The summed E-state index contributed by atoms with van der Waals surface area (Å²) < 4.78 is 0. The van der Waals surface area contributed by atoms with Gasteiger partial charge in [-0.2, -0.15) is 10.2 Å². The average molecular weight is 319 g/mol. The van der Waals surface area contributed by atoms with Crippen LogP contribution in [0.2, 0.25) is 0 Å². The summed E-state index contributed by atoms with van der Waals surface area (Å²) in [6, 6.07) is 10.8. The standard InChI is InChI=1S/C20H21N3O/c1-20(2)15-8-5-13(11-18(15)23(19(20)24)14-6-7-14)17-10-9-16(21-22-17)12-3-4-12/h5,8-12,14H,3-4,6-7H2,1-2H3. The van der Waals surface area contributed by atoms with Gasteiger partial charge in [0, 0.05) is 23.2 Å². The van der Waals surface area contributed by atoms with Gasteiger partial charge in [-0.3, -0.25) is 4.79 Å². The molecule has 4 heteroatoms. The molecule has 0 radical (unpaired) electrons. The van der Waals surface area contributed by atoms with Gasteiger partial charge >= 0.3 is 0 Å². The van der Waals surface area contributed by atoms with Gasteiger partial charge in [-0.05, 0) is 63.3 Å². The molecule has 122 valence electrons. The zero-order chi connectivity index (χ0) is 16.5. The number of carbonyl (C=O) groups excluding carboxylic acids is 1. The van der Waals surface area contributed by atoms with E-state index in [1.807, 2.05) is 18.7 Å². The molecule has 2 aromatic rings. The second kappa shape index (κ2) is 4.65. The molecule has 0 spiro atoms. The molecular weight excluding hydrogens is 298 g/mol. The molecule has 4 nitrogen and oxygen atoms in total. The topological polar surface area (TPSA) is 46.1 Å². The number of anilines is 1. The van der Waals surface area contributed by atoms with Gasteiger partial charge in [-0.1, -0.05) is 12.1 Å². The molecule has 0 atom stereocenters. The van der Waals surface area contributed by atoms with E-state index in [2.05, 4.69) is 40.5 Å². The van der Waals surface area contributed by atoms with Crippen molar-refractivity contribution in [2.75, 3.05) is 4.90 Å². The molecule has 0 unspecified atom stereocenters. The minimum absolute atomic E-state index is 0.229. The molecule has 1 aromatic heterocycles. The first-order valence-electron chi connectivity index (χ1n) is 8.88. The zero-order valence-electron chi connectivity index (χ0n) is 14.1.